The van der Waals surface area contributed by atoms with Crippen LogP contribution in [0.4, 0.5) is 13.2 Å². The second-order valence-electron chi connectivity index (χ2n) is 6.65. The van der Waals surface area contributed by atoms with Gasteiger partial charge in [0.1, 0.15) is 0 Å². The van der Waals surface area contributed by atoms with E-state index in [4.69, 9.17) is 5.11 Å². The first-order valence-electron chi connectivity index (χ1n) is 8.63. The second-order valence-corrected chi connectivity index (χ2v) is 6.65. The zero-order valence-electron chi connectivity index (χ0n) is 14.8. The van der Waals surface area contributed by atoms with E-state index in [1.807, 2.05) is 11.0 Å². The van der Waals surface area contributed by atoms with E-state index in [1.54, 1.807) is 31.3 Å². The fourth-order valence-corrected chi connectivity index (χ4v) is 3.24. The summed E-state index contributed by atoms with van der Waals surface area (Å²) < 4.78 is 39.4. The van der Waals surface area contributed by atoms with E-state index in [1.165, 1.54) is 10.9 Å². The first-order valence-corrected chi connectivity index (χ1v) is 8.63. The summed E-state index contributed by atoms with van der Waals surface area (Å²) in [7, 11) is 0. The summed E-state index contributed by atoms with van der Waals surface area (Å²) in [6.07, 6.45) is 0.533. The van der Waals surface area contributed by atoms with Crippen molar-refractivity contribution in [1.82, 2.24) is 14.7 Å². The van der Waals surface area contributed by atoms with Gasteiger partial charge in [-0.2, -0.15) is 18.3 Å². The van der Waals surface area contributed by atoms with Crippen LogP contribution in [0.3, 0.4) is 0 Å². The predicted molar refractivity (Wildman–Crippen MR) is 94.2 cm³/mol. The van der Waals surface area contributed by atoms with Crippen molar-refractivity contribution in [2.24, 2.45) is 0 Å². The van der Waals surface area contributed by atoms with Gasteiger partial charge < -0.3 is 10.0 Å². The number of rotatable bonds is 4. The molecule has 0 atom stereocenters. The fourth-order valence-electron chi connectivity index (χ4n) is 3.24. The summed E-state index contributed by atoms with van der Waals surface area (Å²) in [6, 6.07) is 8.00. The van der Waals surface area contributed by atoms with Gasteiger partial charge in [-0.3, -0.25) is 0 Å². The molecule has 0 aliphatic carbocycles. The van der Waals surface area contributed by atoms with Crippen LogP contribution in [0.15, 0.2) is 36.5 Å². The number of benzene rings is 1. The molecule has 0 unspecified atom stereocenters. The summed E-state index contributed by atoms with van der Waals surface area (Å²) in [4.78, 5) is 13.1. The molecule has 1 aliphatic heterocycles. The van der Waals surface area contributed by atoms with Crippen LogP contribution in [-0.2, 0) is 6.18 Å². The average Bonchev–Trinajstić information content (AvgIpc) is 3.02. The Bertz CT molecular complexity index is 850. The molecule has 1 aromatic carbocycles. The number of alkyl halides is 3. The van der Waals surface area contributed by atoms with E-state index in [0.717, 1.165) is 37.6 Å². The van der Waals surface area contributed by atoms with E-state index in [-0.39, 0.29) is 11.5 Å². The third kappa shape index (κ3) is 4.50. The molecule has 1 aromatic heterocycles. The summed E-state index contributed by atoms with van der Waals surface area (Å²) in [5.41, 5.74) is 0.807. The maximum Gasteiger partial charge on any atom is 0.435 e. The van der Waals surface area contributed by atoms with Gasteiger partial charge in [0.2, 0.25) is 0 Å². The second kappa shape index (κ2) is 7.46. The Balaban J connectivity index is 1.61. The molecule has 1 saturated heterocycles. The number of aryl methyl sites for hydroxylation is 1. The van der Waals surface area contributed by atoms with Crippen LogP contribution in [0.25, 0.3) is 6.20 Å². The molecule has 0 bridgehead atoms. The summed E-state index contributed by atoms with van der Waals surface area (Å²) >= 11 is 0. The fraction of sp³-hybridized carbons (Fsp3) is 0.368. The standard InChI is InChI=1S/C19H20F3N3O2/c1-13-11-17(19(20,21)22)23-25(13)10-9-24-7-5-14(6-8-24)15-3-2-4-16(12-15)18(26)27/h2-4,9-12,14H,5-8H2,1H3,(H,26,27). The molecular weight excluding hydrogens is 359 g/mol. The van der Waals surface area contributed by atoms with E-state index in [9.17, 15) is 18.0 Å². The minimum atomic E-state index is -4.45. The van der Waals surface area contributed by atoms with Crippen LogP contribution in [0, 0.1) is 6.92 Å². The third-order valence-electron chi connectivity index (χ3n) is 4.77. The number of hydrogen-bond donors (Lipinski definition) is 1. The topological polar surface area (TPSA) is 58.4 Å². The van der Waals surface area contributed by atoms with Gasteiger partial charge in [-0.05, 0) is 49.4 Å². The van der Waals surface area contributed by atoms with Crippen molar-refractivity contribution in [3.8, 4) is 0 Å². The zero-order valence-corrected chi connectivity index (χ0v) is 14.8. The number of halogens is 3. The van der Waals surface area contributed by atoms with Gasteiger partial charge in [0.05, 0.1) is 5.56 Å². The molecule has 1 N–H and O–H groups in total. The van der Waals surface area contributed by atoms with Crippen LogP contribution in [0.2, 0.25) is 0 Å². The minimum absolute atomic E-state index is 0.275. The molecule has 5 nitrogen and oxygen atoms in total. The Kier molecular flexibility index (Phi) is 5.25. The zero-order chi connectivity index (χ0) is 19.6. The monoisotopic (exact) mass is 379 g/mol. The molecule has 1 aliphatic rings. The Labute approximate surface area is 154 Å². The number of carboxylic acid groups (broad SMARTS) is 1. The number of carbonyl (C=O) groups is 1. The highest BCUT2D eigenvalue weighted by molar-refractivity contribution is 5.87. The summed E-state index contributed by atoms with van der Waals surface area (Å²) in [5, 5.41) is 12.7. The van der Waals surface area contributed by atoms with Gasteiger partial charge >= 0.3 is 12.1 Å². The number of likely N-dealkylation sites (tertiary alicyclic amines) is 1. The quantitative estimate of drug-likeness (QED) is 0.864. The molecular formula is C19H20F3N3O2. The molecule has 0 amide bonds. The number of hydrogen-bond acceptors (Lipinski definition) is 3. The number of nitrogens with zero attached hydrogens (tertiary/aromatic N) is 3. The summed E-state index contributed by atoms with van der Waals surface area (Å²) in [6.45, 7) is 3.06. The van der Waals surface area contributed by atoms with Gasteiger partial charge in [-0.15, -0.1) is 0 Å². The molecule has 1 fully saturated rings. The van der Waals surface area contributed by atoms with Crippen LogP contribution in [0.5, 0.6) is 0 Å². The van der Waals surface area contributed by atoms with Crippen molar-refractivity contribution in [2.45, 2.75) is 31.9 Å². The molecule has 0 saturated carbocycles. The van der Waals surface area contributed by atoms with Gasteiger partial charge in [-0.1, -0.05) is 12.1 Å². The first kappa shape index (κ1) is 19.0. The lowest BCUT2D eigenvalue weighted by Gasteiger charge is -2.31. The highest BCUT2D eigenvalue weighted by Crippen LogP contribution is 2.30. The van der Waals surface area contributed by atoms with Gasteiger partial charge in [-0.25, -0.2) is 9.48 Å². The Hall–Kier alpha value is -2.77. The molecule has 8 heteroatoms. The number of aromatic nitrogens is 2. The van der Waals surface area contributed by atoms with E-state index in [2.05, 4.69) is 5.10 Å². The normalized spacial score (nSPS) is 16.2. The van der Waals surface area contributed by atoms with Gasteiger partial charge in [0.15, 0.2) is 5.69 Å². The van der Waals surface area contributed by atoms with Crippen LogP contribution in [-0.4, -0.2) is 38.8 Å². The first-order chi connectivity index (χ1) is 12.7. The van der Waals surface area contributed by atoms with E-state index < -0.39 is 17.8 Å². The lowest BCUT2D eigenvalue weighted by atomic mass is 9.89. The van der Waals surface area contributed by atoms with E-state index in [0.29, 0.717) is 5.69 Å². The van der Waals surface area contributed by atoms with Crippen molar-refractivity contribution < 1.29 is 23.1 Å². The predicted octanol–water partition coefficient (Wildman–Crippen LogP) is 4.22. The van der Waals surface area contributed by atoms with E-state index >= 15 is 0 Å². The van der Waals surface area contributed by atoms with Crippen molar-refractivity contribution >= 4 is 12.2 Å². The number of carboxylic acids is 1. The number of piperidine rings is 1. The smallest absolute Gasteiger partial charge is 0.435 e. The Morgan fingerprint density at radius 1 is 1.22 bits per heavy atom. The molecule has 0 spiro atoms. The SMILES string of the molecule is Cc1cc(C(F)(F)F)nn1C=CN1CCC(c2cccc(C(=O)O)c2)CC1. The molecule has 27 heavy (non-hydrogen) atoms. The summed E-state index contributed by atoms with van der Waals surface area (Å²) in [5.74, 6) is -0.665. The maximum absolute atomic E-state index is 12.7. The van der Waals surface area contributed by atoms with Crippen LogP contribution >= 0.6 is 0 Å². The lowest BCUT2D eigenvalue weighted by molar-refractivity contribution is -0.141. The molecule has 3 rings (SSSR count). The van der Waals surface area contributed by atoms with Gasteiger partial charge in [0.25, 0.3) is 0 Å². The number of aromatic carboxylic acids is 1. The highest BCUT2D eigenvalue weighted by Gasteiger charge is 2.34. The molecule has 0 radical (unpaired) electrons. The Morgan fingerprint density at radius 3 is 2.52 bits per heavy atom. The van der Waals surface area contributed by atoms with Gasteiger partial charge in [0, 0.05) is 31.2 Å². The minimum Gasteiger partial charge on any atom is -0.478 e. The van der Waals surface area contributed by atoms with Crippen molar-refractivity contribution in [1.29, 1.82) is 0 Å². The average molecular weight is 379 g/mol. The van der Waals surface area contributed by atoms with Crippen LogP contribution in [0.1, 0.15) is 46.1 Å². The lowest BCUT2D eigenvalue weighted by Crippen LogP contribution is -2.28. The van der Waals surface area contributed by atoms with Crippen molar-refractivity contribution in [2.75, 3.05) is 13.1 Å². The highest BCUT2D eigenvalue weighted by atomic mass is 19.4. The van der Waals surface area contributed by atoms with Crippen LogP contribution < -0.4 is 0 Å². The molecule has 2 heterocycles. The Morgan fingerprint density at radius 2 is 1.93 bits per heavy atom. The molecule has 2 aromatic rings. The molecule has 144 valence electrons. The van der Waals surface area contributed by atoms with Crippen molar-refractivity contribution in [3.63, 3.8) is 0 Å². The maximum atomic E-state index is 12.7. The largest absolute Gasteiger partial charge is 0.478 e. The van der Waals surface area contributed by atoms with Crippen molar-refractivity contribution in [3.05, 3.63) is 59.0 Å². The third-order valence-corrected chi connectivity index (χ3v) is 4.77.